The smallest absolute Gasteiger partial charge is 0.344 e. The van der Waals surface area contributed by atoms with Crippen molar-refractivity contribution < 1.29 is 19.1 Å². The summed E-state index contributed by atoms with van der Waals surface area (Å²) in [6.07, 6.45) is -1.01. The topological polar surface area (TPSA) is 88.4 Å². The Morgan fingerprint density at radius 2 is 1.79 bits per heavy atom. The Labute approximate surface area is 139 Å². The molecule has 0 bridgehead atoms. The normalized spacial score (nSPS) is 11.0. The molecule has 6 heteroatoms. The molecule has 2 aromatic carbocycles. The molecule has 0 aliphatic carbocycles. The summed E-state index contributed by atoms with van der Waals surface area (Å²) >= 11 is 0. The highest BCUT2D eigenvalue weighted by Crippen LogP contribution is 2.14. The van der Waals surface area contributed by atoms with E-state index in [-0.39, 0.29) is 6.61 Å². The van der Waals surface area contributed by atoms with Gasteiger partial charge in [0.25, 0.3) is 5.91 Å². The maximum atomic E-state index is 12.1. The van der Waals surface area contributed by atoms with Crippen molar-refractivity contribution in [2.45, 2.75) is 13.0 Å². The zero-order chi connectivity index (χ0) is 17.4. The van der Waals surface area contributed by atoms with Crippen LogP contribution in [0.4, 0.5) is 5.69 Å². The number of esters is 1. The summed E-state index contributed by atoms with van der Waals surface area (Å²) in [4.78, 5) is 23.8. The second-order valence-corrected chi connectivity index (χ2v) is 4.88. The highest BCUT2D eigenvalue weighted by molar-refractivity contribution is 5.96. The van der Waals surface area contributed by atoms with Crippen LogP contribution in [0.2, 0.25) is 0 Å². The van der Waals surface area contributed by atoms with E-state index in [4.69, 9.17) is 14.7 Å². The molecule has 24 heavy (non-hydrogen) atoms. The van der Waals surface area contributed by atoms with Crippen molar-refractivity contribution in [3.05, 3.63) is 60.2 Å². The van der Waals surface area contributed by atoms with E-state index >= 15 is 0 Å². The van der Waals surface area contributed by atoms with E-state index < -0.39 is 18.0 Å². The van der Waals surface area contributed by atoms with Gasteiger partial charge in [-0.25, -0.2) is 4.79 Å². The summed E-state index contributed by atoms with van der Waals surface area (Å²) in [6, 6.07) is 17.4. The van der Waals surface area contributed by atoms with E-state index in [9.17, 15) is 9.59 Å². The number of carbonyl (C=O) groups is 2. The van der Waals surface area contributed by atoms with Crippen molar-refractivity contribution in [2.75, 3.05) is 11.9 Å². The Balaban J connectivity index is 1.85. The number of carbonyl (C=O) groups excluding carboxylic acids is 2. The van der Waals surface area contributed by atoms with Gasteiger partial charge in [-0.3, -0.25) is 4.79 Å². The van der Waals surface area contributed by atoms with Crippen molar-refractivity contribution in [3.63, 3.8) is 0 Å². The van der Waals surface area contributed by atoms with Crippen LogP contribution < -0.4 is 10.1 Å². The summed E-state index contributed by atoms with van der Waals surface area (Å²) in [5.41, 5.74) is 0.699. The minimum atomic E-state index is -1.01. The second kappa shape index (κ2) is 8.34. The molecule has 1 atom stereocenters. The first-order valence-corrected chi connectivity index (χ1v) is 7.27. The van der Waals surface area contributed by atoms with Gasteiger partial charge in [0.15, 0.2) is 12.7 Å². The summed E-state index contributed by atoms with van der Waals surface area (Å²) in [6.45, 7) is 1.15. The number of para-hydroxylation sites is 2. The average Bonchev–Trinajstić information content (AvgIpc) is 2.61. The number of anilines is 1. The zero-order valence-electron chi connectivity index (χ0n) is 13.1. The Morgan fingerprint density at radius 1 is 1.12 bits per heavy atom. The Kier molecular flexibility index (Phi) is 5.92. The molecule has 0 saturated carbocycles. The fourth-order valence-corrected chi connectivity index (χ4v) is 1.87. The predicted molar refractivity (Wildman–Crippen MR) is 87.3 cm³/mol. The van der Waals surface area contributed by atoms with Crippen LogP contribution in [-0.2, 0) is 14.3 Å². The highest BCUT2D eigenvalue weighted by Gasteiger charge is 2.19. The summed E-state index contributed by atoms with van der Waals surface area (Å²) in [5.74, 6) is -0.643. The molecular formula is C18H16N2O4. The van der Waals surface area contributed by atoms with E-state index in [0.717, 1.165) is 0 Å². The van der Waals surface area contributed by atoms with E-state index in [1.54, 1.807) is 48.5 Å². The van der Waals surface area contributed by atoms with Gasteiger partial charge in [0, 0.05) is 0 Å². The summed E-state index contributed by atoms with van der Waals surface area (Å²) in [5, 5.41) is 11.6. The third-order valence-electron chi connectivity index (χ3n) is 3.08. The first kappa shape index (κ1) is 17.0. The first-order valence-electron chi connectivity index (χ1n) is 7.27. The summed E-state index contributed by atoms with van der Waals surface area (Å²) in [7, 11) is 0. The maximum Gasteiger partial charge on any atom is 0.344 e. The largest absolute Gasteiger partial charge is 0.482 e. The lowest BCUT2D eigenvalue weighted by Crippen LogP contribution is -2.31. The Hall–Kier alpha value is -3.33. The average molecular weight is 324 g/mol. The number of hydrogen-bond donors (Lipinski definition) is 1. The lowest BCUT2D eigenvalue weighted by molar-refractivity contribution is -0.155. The van der Waals surface area contributed by atoms with Gasteiger partial charge in [-0.15, -0.1) is 0 Å². The van der Waals surface area contributed by atoms with Crippen LogP contribution in [0.5, 0.6) is 5.75 Å². The molecule has 0 fully saturated rings. The molecule has 0 heterocycles. The number of amides is 1. The Bertz CT molecular complexity index is 753. The fourth-order valence-electron chi connectivity index (χ4n) is 1.87. The standard InChI is InChI=1S/C18H16N2O4/c1-13(18(22)20-16-10-6-5-7-14(16)11-19)24-17(21)12-23-15-8-3-2-4-9-15/h2-10,13H,12H2,1H3,(H,20,22)/t13-/m0/s1. The molecule has 0 aromatic heterocycles. The molecule has 6 nitrogen and oxygen atoms in total. The molecule has 0 radical (unpaired) electrons. The van der Waals surface area contributed by atoms with Gasteiger partial charge in [-0.05, 0) is 31.2 Å². The van der Waals surface area contributed by atoms with Gasteiger partial charge < -0.3 is 14.8 Å². The number of nitrogens with zero attached hydrogens (tertiary/aromatic N) is 1. The van der Waals surface area contributed by atoms with Crippen molar-refractivity contribution in [1.82, 2.24) is 0 Å². The predicted octanol–water partition coefficient (Wildman–Crippen LogP) is 2.51. The SMILES string of the molecule is C[C@H](OC(=O)COc1ccccc1)C(=O)Nc1ccccc1C#N. The van der Waals surface area contributed by atoms with Gasteiger partial charge in [0.05, 0.1) is 11.3 Å². The Morgan fingerprint density at radius 3 is 2.50 bits per heavy atom. The molecule has 0 aliphatic heterocycles. The van der Waals surface area contributed by atoms with E-state index in [1.165, 1.54) is 6.92 Å². The first-order chi connectivity index (χ1) is 11.6. The molecule has 2 rings (SSSR count). The van der Waals surface area contributed by atoms with Crippen LogP contribution >= 0.6 is 0 Å². The monoisotopic (exact) mass is 324 g/mol. The quantitative estimate of drug-likeness (QED) is 0.825. The molecule has 1 N–H and O–H groups in total. The lowest BCUT2D eigenvalue weighted by atomic mass is 10.2. The molecule has 2 aromatic rings. The second-order valence-electron chi connectivity index (χ2n) is 4.88. The van der Waals surface area contributed by atoms with Crippen LogP contribution in [0.15, 0.2) is 54.6 Å². The number of ether oxygens (including phenoxy) is 2. The van der Waals surface area contributed by atoms with Crippen molar-refractivity contribution in [3.8, 4) is 11.8 Å². The van der Waals surface area contributed by atoms with E-state index in [1.807, 2.05) is 12.1 Å². The fraction of sp³-hybridized carbons (Fsp3) is 0.167. The number of rotatable bonds is 6. The summed E-state index contributed by atoms with van der Waals surface area (Å²) < 4.78 is 10.3. The minimum absolute atomic E-state index is 0.295. The van der Waals surface area contributed by atoms with Gasteiger partial charge in [0.2, 0.25) is 0 Å². The van der Waals surface area contributed by atoms with Gasteiger partial charge in [-0.1, -0.05) is 30.3 Å². The molecule has 1 amide bonds. The van der Waals surface area contributed by atoms with Gasteiger partial charge in [0.1, 0.15) is 11.8 Å². The van der Waals surface area contributed by atoms with E-state index in [0.29, 0.717) is 17.0 Å². The number of hydrogen-bond acceptors (Lipinski definition) is 5. The third kappa shape index (κ3) is 4.85. The third-order valence-corrected chi connectivity index (χ3v) is 3.08. The van der Waals surface area contributed by atoms with Crippen LogP contribution in [0.25, 0.3) is 0 Å². The highest BCUT2D eigenvalue weighted by atomic mass is 16.6. The lowest BCUT2D eigenvalue weighted by Gasteiger charge is -2.14. The van der Waals surface area contributed by atoms with Crippen LogP contribution in [0, 0.1) is 11.3 Å². The van der Waals surface area contributed by atoms with Crippen LogP contribution in [0.3, 0.4) is 0 Å². The maximum absolute atomic E-state index is 12.1. The molecule has 0 saturated heterocycles. The zero-order valence-corrected chi connectivity index (χ0v) is 13.1. The number of nitriles is 1. The van der Waals surface area contributed by atoms with Crippen LogP contribution in [0.1, 0.15) is 12.5 Å². The molecule has 0 spiro atoms. The number of nitrogens with one attached hydrogen (secondary N) is 1. The molecular weight excluding hydrogens is 308 g/mol. The number of benzene rings is 2. The molecule has 122 valence electrons. The van der Waals surface area contributed by atoms with Crippen molar-refractivity contribution in [1.29, 1.82) is 5.26 Å². The molecule has 0 aliphatic rings. The van der Waals surface area contributed by atoms with Gasteiger partial charge >= 0.3 is 5.97 Å². The van der Waals surface area contributed by atoms with Crippen molar-refractivity contribution in [2.24, 2.45) is 0 Å². The van der Waals surface area contributed by atoms with Crippen molar-refractivity contribution >= 4 is 17.6 Å². The van der Waals surface area contributed by atoms with E-state index in [2.05, 4.69) is 5.32 Å². The minimum Gasteiger partial charge on any atom is -0.482 e. The molecule has 0 unspecified atom stereocenters. The van der Waals surface area contributed by atoms with Gasteiger partial charge in [-0.2, -0.15) is 5.26 Å². The van der Waals surface area contributed by atoms with Crippen LogP contribution in [-0.4, -0.2) is 24.6 Å².